The highest BCUT2D eigenvalue weighted by Gasteiger charge is 2.07. The summed E-state index contributed by atoms with van der Waals surface area (Å²) in [6.45, 7) is 0. The van der Waals surface area contributed by atoms with Crippen molar-refractivity contribution in [2.45, 2.75) is 6.42 Å². The molecule has 2 nitrogen and oxygen atoms in total. The lowest BCUT2D eigenvalue weighted by Crippen LogP contribution is -1.87. The molecule has 0 amide bonds. The molecule has 94 valence electrons. The van der Waals surface area contributed by atoms with Crippen LogP contribution in [-0.2, 0) is 6.42 Å². The average Bonchev–Trinajstić information content (AvgIpc) is 2.83. The third-order valence-electron chi connectivity index (χ3n) is 3.15. The predicted molar refractivity (Wildman–Crippen MR) is 77.7 cm³/mol. The molecule has 0 spiro atoms. The Morgan fingerprint density at radius 1 is 1.00 bits per heavy atom. The van der Waals surface area contributed by atoms with E-state index < -0.39 is 5.24 Å². The van der Waals surface area contributed by atoms with Crippen LogP contribution >= 0.6 is 11.6 Å². The van der Waals surface area contributed by atoms with Crippen LogP contribution in [0.4, 0.5) is 0 Å². The smallest absolute Gasteiger partial charge is 0.268 e. The lowest BCUT2D eigenvalue weighted by molar-refractivity contribution is 0.107. The van der Waals surface area contributed by atoms with Crippen LogP contribution in [0, 0.1) is 0 Å². The minimum Gasteiger partial charge on any atom is -0.351 e. The minimum absolute atomic E-state index is 0.438. The first kappa shape index (κ1) is 12.0. The SMILES string of the molecule is O=C(Cl)c1cc2cc(Cc3ccccc3)ccc2[nH]1. The molecule has 1 heterocycles. The van der Waals surface area contributed by atoms with Crippen molar-refractivity contribution < 1.29 is 4.79 Å². The largest absolute Gasteiger partial charge is 0.351 e. The molecule has 0 fully saturated rings. The molecular formula is C16H12ClNO. The standard InChI is InChI=1S/C16H12ClNO/c17-16(19)15-10-13-9-12(6-7-14(13)18-15)8-11-4-2-1-3-5-11/h1-7,9-10,18H,8H2. The van der Waals surface area contributed by atoms with Gasteiger partial charge in [-0.2, -0.15) is 0 Å². The third kappa shape index (κ3) is 2.54. The minimum atomic E-state index is -0.458. The molecule has 0 radical (unpaired) electrons. The number of hydrogen-bond acceptors (Lipinski definition) is 1. The van der Waals surface area contributed by atoms with Gasteiger partial charge in [0.1, 0.15) is 0 Å². The van der Waals surface area contributed by atoms with Gasteiger partial charge in [0.05, 0.1) is 5.69 Å². The van der Waals surface area contributed by atoms with Crippen molar-refractivity contribution in [3.05, 3.63) is 71.4 Å². The van der Waals surface area contributed by atoms with E-state index in [-0.39, 0.29) is 0 Å². The molecule has 3 heteroatoms. The van der Waals surface area contributed by atoms with Crippen LogP contribution in [0.15, 0.2) is 54.6 Å². The van der Waals surface area contributed by atoms with Gasteiger partial charge in [-0.05, 0) is 47.3 Å². The van der Waals surface area contributed by atoms with Crippen molar-refractivity contribution in [1.82, 2.24) is 4.98 Å². The quantitative estimate of drug-likeness (QED) is 0.712. The number of aromatic amines is 1. The van der Waals surface area contributed by atoms with Crippen molar-refractivity contribution in [3.63, 3.8) is 0 Å². The van der Waals surface area contributed by atoms with Crippen LogP contribution < -0.4 is 0 Å². The van der Waals surface area contributed by atoms with Gasteiger partial charge in [0.25, 0.3) is 5.24 Å². The number of carbonyl (C=O) groups excluding carboxylic acids is 1. The van der Waals surface area contributed by atoms with E-state index in [1.54, 1.807) is 6.07 Å². The second kappa shape index (κ2) is 4.90. The number of benzene rings is 2. The van der Waals surface area contributed by atoms with Gasteiger partial charge in [-0.1, -0.05) is 36.4 Å². The Morgan fingerprint density at radius 2 is 1.79 bits per heavy atom. The van der Waals surface area contributed by atoms with Gasteiger partial charge in [-0.3, -0.25) is 4.79 Å². The molecule has 1 aromatic heterocycles. The first-order chi connectivity index (χ1) is 9.22. The van der Waals surface area contributed by atoms with E-state index in [4.69, 9.17) is 11.6 Å². The highest BCUT2D eigenvalue weighted by atomic mass is 35.5. The fourth-order valence-corrected chi connectivity index (χ4v) is 2.33. The summed E-state index contributed by atoms with van der Waals surface area (Å²) in [5.41, 5.74) is 3.85. The Labute approximate surface area is 116 Å². The number of halogens is 1. The molecule has 3 aromatic rings. The molecule has 0 aliphatic rings. The maximum absolute atomic E-state index is 11.1. The third-order valence-corrected chi connectivity index (χ3v) is 3.35. The fourth-order valence-electron chi connectivity index (χ4n) is 2.23. The molecule has 0 unspecified atom stereocenters. The van der Waals surface area contributed by atoms with E-state index in [1.807, 2.05) is 24.3 Å². The van der Waals surface area contributed by atoms with E-state index in [9.17, 15) is 4.79 Å². The first-order valence-corrected chi connectivity index (χ1v) is 6.45. The van der Waals surface area contributed by atoms with Crippen molar-refractivity contribution in [1.29, 1.82) is 0 Å². The predicted octanol–water partition coefficient (Wildman–Crippen LogP) is 4.14. The van der Waals surface area contributed by atoms with Crippen LogP contribution in [0.3, 0.4) is 0 Å². The van der Waals surface area contributed by atoms with Crippen molar-refractivity contribution >= 4 is 27.7 Å². The van der Waals surface area contributed by atoms with Gasteiger partial charge in [-0.15, -0.1) is 0 Å². The summed E-state index contributed by atoms with van der Waals surface area (Å²) in [5, 5.41) is 0.554. The average molecular weight is 270 g/mol. The molecule has 0 saturated heterocycles. The van der Waals surface area contributed by atoms with Crippen molar-refractivity contribution in [2.24, 2.45) is 0 Å². The molecule has 19 heavy (non-hydrogen) atoms. The van der Waals surface area contributed by atoms with Gasteiger partial charge in [0.2, 0.25) is 0 Å². The Bertz CT molecular complexity index is 731. The first-order valence-electron chi connectivity index (χ1n) is 6.08. The Balaban J connectivity index is 1.95. The molecule has 0 aliphatic carbocycles. The number of H-pyrrole nitrogens is 1. The summed E-state index contributed by atoms with van der Waals surface area (Å²) in [4.78, 5) is 14.1. The zero-order valence-electron chi connectivity index (χ0n) is 10.2. The number of carbonyl (C=O) groups is 1. The summed E-state index contributed by atoms with van der Waals surface area (Å²) in [7, 11) is 0. The summed E-state index contributed by atoms with van der Waals surface area (Å²) in [6.07, 6.45) is 0.881. The van der Waals surface area contributed by atoms with Gasteiger partial charge in [0.15, 0.2) is 0 Å². The molecule has 2 aromatic carbocycles. The van der Waals surface area contributed by atoms with Gasteiger partial charge >= 0.3 is 0 Å². The second-order valence-corrected chi connectivity index (χ2v) is 4.88. The van der Waals surface area contributed by atoms with Crippen LogP contribution in [0.1, 0.15) is 21.6 Å². The van der Waals surface area contributed by atoms with E-state index >= 15 is 0 Å². The van der Waals surface area contributed by atoms with Gasteiger partial charge in [-0.25, -0.2) is 0 Å². The van der Waals surface area contributed by atoms with Crippen molar-refractivity contribution in [2.75, 3.05) is 0 Å². The Hall–Kier alpha value is -2.06. The van der Waals surface area contributed by atoms with E-state index in [0.717, 1.165) is 17.3 Å². The Morgan fingerprint density at radius 3 is 2.53 bits per heavy atom. The number of rotatable bonds is 3. The molecule has 1 N–H and O–H groups in total. The lowest BCUT2D eigenvalue weighted by atomic mass is 10.0. The number of aromatic nitrogens is 1. The number of nitrogens with one attached hydrogen (secondary N) is 1. The van der Waals surface area contributed by atoms with Crippen LogP contribution in [-0.4, -0.2) is 10.2 Å². The maximum Gasteiger partial charge on any atom is 0.268 e. The highest BCUT2D eigenvalue weighted by Crippen LogP contribution is 2.20. The molecule has 3 rings (SSSR count). The van der Waals surface area contributed by atoms with Crippen molar-refractivity contribution in [3.8, 4) is 0 Å². The maximum atomic E-state index is 11.1. The van der Waals surface area contributed by atoms with Gasteiger partial charge < -0.3 is 4.98 Å². The van der Waals surface area contributed by atoms with Crippen LogP contribution in [0.2, 0.25) is 0 Å². The van der Waals surface area contributed by atoms with Crippen LogP contribution in [0.5, 0.6) is 0 Å². The highest BCUT2D eigenvalue weighted by molar-refractivity contribution is 6.67. The summed E-state index contributed by atoms with van der Waals surface area (Å²) >= 11 is 5.47. The topological polar surface area (TPSA) is 32.9 Å². The number of hydrogen-bond donors (Lipinski definition) is 1. The molecule has 0 aliphatic heterocycles. The van der Waals surface area contributed by atoms with Gasteiger partial charge in [0, 0.05) is 10.9 Å². The lowest BCUT2D eigenvalue weighted by Gasteiger charge is -2.01. The van der Waals surface area contributed by atoms with Crippen LogP contribution in [0.25, 0.3) is 10.9 Å². The van der Waals surface area contributed by atoms with E-state index in [2.05, 4.69) is 29.2 Å². The fraction of sp³-hybridized carbons (Fsp3) is 0.0625. The second-order valence-electron chi connectivity index (χ2n) is 4.54. The molecule has 0 bridgehead atoms. The zero-order chi connectivity index (χ0) is 13.2. The van der Waals surface area contributed by atoms with E-state index in [1.165, 1.54) is 11.1 Å². The molecule has 0 atom stereocenters. The number of fused-ring (bicyclic) bond motifs is 1. The summed E-state index contributed by atoms with van der Waals surface area (Å²) in [6, 6.07) is 18.2. The molecule has 0 saturated carbocycles. The Kier molecular flexibility index (Phi) is 3.10. The molecular weight excluding hydrogens is 258 g/mol. The summed E-state index contributed by atoms with van der Waals surface area (Å²) < 4.78 is 0. The normalized spacial score (nSPS) is 10.8. The summed E-state index contributed by atoms with van der Waals surface area (Å²) in [5.74, 6) is 0. The monoisotopic (exact) mass is 269 g/mol. The zero-order valence-corrected chi connectivity index (χ0v) is 10.9. The van der Waals surface area contributed by atoms with E-state index in [0.29, 0.717) is 5.69 Å².